The van der Waals surface area contributed by atoms with Gasteiger partial charge in [-0.3, -0.25) is 4.79 Å². The predicted molar refractivity (Wildman–Crippen MR) is 74.2 cm³/mol. The minimum absolute atomic E-state index is 0.264. The van der Waals surface area contributed by atoms with Crippen molar-refractivity contribution in [2.75, 3.05) is 5.32 Å². The molecule has 1 amide bonds. The lowest BCUT2D eigenvalue weighted by Gasteiger charge is -2.07. The molecule has 3 N–H and O–H groups in total. The van der Waals surface area contributed by atoms with E-state index in [2.05, 4.69) is 26.2 Å². The zero-order chi connectivity index (χ0) is 13.8. The first-order chi connectivity index (χ1) is 9.06. The molecule has 6 heteroatoms. The van der Waals surface area contributed by atoms with Crippen LogP contribution in [0.1, 0.15) is 15.9 Å². The highest BCUT2D eigenvalue weighted by atomic mass is 79.9. The number of anilines is 1. The molecule has 0 atom stereocenters. The second-order valence-corrected chi connectivity index (χ2v) is 4.80. The van der Waals surface area contributed by atoms with Gasteiger partial charge in [0.2, 0.25) is 5.91 Å². The van der Waals surface area contributed by atoms with Crippen LogP contribution >= 0.6 is 15.9 Å². The molecule has 1 heterocycles. The van der Waals surface area contributed by atoms with Crippen LogP contribution < -0.4 is 11.1 Å². The number of hydrogen-bond donors (Lipinski definition) is 2. The Labute approximate surface area is 118 Å². The fourth-order valence-corrected chi connectivity index (χ4v) is 1.95. The standard InChI is InChI=1S/C13H11BrFN3O/c14-10-1-2-11(15)9(5-10)7-18-12-6-8(13(16)19)3-4-17-12/h1-6H,7H2,(H2,16,19)(H,17,18). The van der Waals surface area contributed by atoms with Crippen molar-refractivity contribution in [2.24, 2.45) is 5.73 Å². The van der Waals surface area contributed by atoms with Crippen molar-refractivity contribution in [2.45, 2.75) is 6.54 Å². The molecule has 98 valence electrons. The Balaban J connectivity index is 2.12. The van der Waals surface area contributed by atoms with Gasteiger partial charge < -0.3 is 11.1 Å². The number of halogens is 2. The van der Waals surface area contributed by atoms with Crippen LogP contribution in [-0.2, 0) is 6.54 Å². The van der Waals surface area contributed by atoms with Crippen molar-refractivity contribution in [3.8, 4) is 0 Å². The molecule has 0 spiro atoms. The van der Waals surface area contributed by atoms with E-state index in [-0.39, 0.29) is 12.4 Å². The summed E-state index contributed by atoms with van der Waals surface area (Å²) >= 11 is 3.28. The average Bonchev–Trinajstić information content (AvgIpc) is 2.40. The molecular weight excluding hydrogens is 313 g/mol. The van der Waals surface area contributed by atoms with Gasteiger partial charge in [-0.2, -0.15) is 0 Å². The molecule has 0 saturated heterocycles. The molecule has 1 aromatic heterocycles. The summed E-state index contributed by atoms with van der Waals surface area (Å²) in [6.45, 7) is 0.264. The molecule has 2 aromatic rings. The predicted octanol–water partition coefficient (Wildman–Crippen LogP) is 2.69. The number of nitrogens with one attached hydrogen (secondary N) is 1. The van der Waals surface area contributed by atoms with Gasteiger partial charge in [0.25, 0.3) is 0 Å². The third kappa shape index (κ3) is 3.51. The molecule has 0 aliphatic carbocycles. The third-order valence-electron chi connectivity index (χ3n) is 2.51. The summed E-state index contributed by atoms with van der Waals surface area (Å²) < 4.78 is 14.3. The number of benzene rings is 1. The van der Waals surface area contributed by atoms with E-state index < -0.39 is 5.91 Å². The average molecular weight is 324 g/mol. The van der Waals surface area contributed by atoms with Gasteiger partial charge >= 0.3 is 0 Å². The number of amides is 1. The number of carbonyl (C=O) groups is 1. The first-order valence-electron chi connectivity index (χ1n) is 5.50. The summed E-state index contributed by atoms with van der Waals surface area (Å²) in [6, 6.07) is 7.74. The molecule has 0 bridgehead atoms. The molecule has 0 fully saturated rings. The fourth-order valence-electron chi connectivity index (χ4n) is 1.55. The van der Waals surface area contributed by atoms with Crippen molar-refractivity contribution < 1.29 is 9.18 Å². The first kappa shape index (κ1) is 13.5. The number of primary amides is 1. The number of carbonyl (C=O) groups excluding carboxylic acids is 1. The summed E-state index contributed by atoms with van der Waals surface area (Å²) in [5.74, 6) is -0.364. The second-order valence-electron chi connectivity index (χ2n) is 3.88. The van der Waals surface area contributed by atoms with E-state index in [1.165, 1.54) is 24.4 Å². The van der Waals surface area contributed by atoms with Crippen LogP contribution in [0.4, 0.5) is 10.2 Å². The van der Waals surface area contributed by atoms with E-state index in [9.17, 15) is 9.18 Å². The molecule has 4 nitrogen and oxygen atoms in total. The fraction of sp³-hybridized carbons (Fsp3) is 0.0769. The third-order valence-corrected chi connectivity index (χ3v) is 3.01. The van der Waals surface area contributed by atoms with Crippen LogP contribution in [0.5, 0.6) is 0 Å². The highest BCUT2D eigenvalue weighted by Gasteiger charge is 2.05. The monoisotopic (exact) mass is 323 g/mol. The molecule has 0 aliphatic heterocycles. The Kier molecular flexibility index (Phi) is 4.11. The number of aromatic nitrogens is 1. The van der Waals surface area contributed by atoms with Gasteiger partial charge in [-0.1, -0.05) is 15.9 Å². The maximum Gasteiger partial charge on any atom is 0.248 e. The molecule has 1 aromatic carbocycles. The SMILES string of the molecule is NC(=O)c1ccnc(NCc2cc(Br)ccc2F)c1. The topological polar surface area (TPSA) is 68.0 Å². The summed E-state index contributed by atoms with van der Waals surface area (Å²) in [5.41, 5.74) is 6.03. The van der Waals surface area contributed by atoms with Crippen molar-refractivity contribution in [1.29, 1.82) is 0 Å². The maximum absolute atomic E-state index is 13.5. The van der Waals surface area contributed by atoms with Gasteiger partial charge in [0, 0.05) is 28.3 Å². The van der Waals surface area contributed by atoms with Crippen LogP contribution in [0.25, 0.3) is 0 Å². The summed E-state index contributed by atoms with van der Waals surface area (Å²) in [4.78, 5) is 15.1. The number of hydrogen-bond acceptors (Lipinski definition) is 3. The molecule has 2 rings (SSSR count). The van der Waals surface area contributed by atoms with Gasteiger partial charge in [-0.25, -0.2) is 9.37 Å². The normalized spacial score (nSPS) is 10.2. The van der Waals surface area contributed by atoms with E-state index in [4.69, 9.17) is 5.73 Å². The van der Waals surface area contributed by atoms with Crippen molar-refractivity contribution in [3.63, 3.8) is 0 Å². The van der Waals surface area contributed by atoms with Gasteiger partial charge in [0.1, 0.15) is 11.6 Å². The lowest BCUT2D eigenvalue weighted by atomic mass is 10.2. The van der Waals surface area contributed by atoms with E-state index in [0.717, 1.165) is 4.47 Å². The number of nitrogens with two attached hydrogens (primary N) is 1. The van der Waals surface area contributed by atoms with Gasteiger partial charge in [0.05, 0.1) is 0 Å². The van der Waals surface area contributed by atoms with E-state index in [1.807, 2.05) is 0 Å². The van der Waals surface area contributed by atoms with Crippen LogP contribution in [0.3, 0.4) is 0 Å². The van der Waals surface area contributed by atoms with Crippen LogP contribution in [0.2, 0.25) is 0 Å². The minimum Gasteiger partial charge on any atom is -0.366 e. The highest BCUT2D eigenvalue weighted by Crippen LogP contribution is 2.17. The molecular formula is C13H11BrFN3O. The molecule has 0 radical (unpaired) electrons. The molecule has 0 saturated carbocycles. The Hall–Kier alpha value is -1.95. The summed E-state index contributed by atoms with van der Waals surface area (Å²) in [5, 5.41) is 2.94. The lowest BCUT2D eigenvalue weighted by molar-refractivity contribution is 0.1000. The van der Waals surface area contributed by atoms with E-state index in [1.54, 1.807) is 12.1 Å². The number of pyridine rings is 1. The van der Waals surface area contributed by atoms with E-state index in [0.29, 0.717) is 16.9 Å². The molecule has 19 heavy (non-hydrogen) atoms. The minimum atomic E-state index is -0.529. The number of nitrogens with zero attached hydrogens (tertiary/aromatic N) is 1. The van der Waals surface area contributed by atoms with Crippen LogP contribution in [0, 0.1) is 5.82 Å². The zero-order valence-electron chi connectivity index (χ0n) is 9.86. The molecule has 0 aliphatic rings. The maximum atomic E-state index is 13.5. The van der Waals surface area contributed by atoms with Gasteiger partial charge in [-0.15, -0.1) is 0 Å². The second kappa shape index (κ2) is 5.79. The summed E-state index contributed by atoms with van der Waals surface area (Å²) in [6.07, 6.45) is 1.47. The lowest BCUT2D eigenvalue weighted by Crippen LogP contribution is -2.12. The van der Waals surface area contributed by atoms with Crippen LogP contribution in [-0.4, -0.2) is 10.9 Å². The van der Waals surface area contributed by atoms with Crippen LogP contribution in [0.15, 0.2) is 41.0 Å². The van der Waals surface area contributed by atoms with Crippen molar-refractivity contribution in [3.05, 3.63) is 57.9 Å². The van der Waals surface area contributed by atoms with Crippen molar-refractivity contribution >= 4 is 27.7 Å². The Bertz CT molecular complexity index is 619. The largest absolute Gasteiger partial charge is 0.366 e. The molecule has 0 unspecified atom stereocenters. The van der Waals surface area contributed by atoms with E-state index >= 15 is 0 Å². The highest BCUT2D eigenvalue weighted by molar-refractivity contribution is 9.10. The first-order valence-corrected chi connectivity index (χ1v) is 6.29. The number of rotatable bonds is 4. The Morgan fingerprint density at radius 3 is 2.89 bits per heavy atom. The Morgan fingerprint density at radius 1 is 1.37 bits per heavy atom. The smallest absolute Gasteiger partial charge is 0.248 e. The van der Waals surface area contributed by atoms with Gasteiger partial charge in [0.15, 0.2) is 0 Å². The van der Waals surface area contributed by atoms with Gasteiger partial charge in [-0.05, 0) is 30.3 Å². The zero-order valence-corrected chi connectivity index (χ0v) is 11.4. The van der Waals surface area contributed by atoms with Crippen molar-refractivity contribution in [1.82, 2.24) is 4.98 Å². The Morgan fingerprint density at radius 2 is 2.16 bits per heavy atom. The summed E-state index contributed by atoms with van der Waals surface area (Å²) in [7, 11) is 0. The quantitative estimate of drug-likeness (QED) is 0.909.